The van der Waals surface area contributed by atoms with E-state index in [0.717, 1.165) is 5.56 Å². The van der Waals surface area contributed by atoms with Crippen LogP contribution in [0.15, 0.2) is 30.3 Å². The third-order valence-electron chi connectivity index (χ3n) is 3.60. The van der Waals surface area contributed by atoms with Crippen LogP contribution in [0.4, 0.5) is 4.79 Å². The number of β-amino-alcohol motifs (C(OH)–C–C–N with tert-alkyl or cyclic N) is 1. The van der Waals surface area contributed by atoms with Crippen LogP contribution in [0.5, 0.6) is 0 Å². The van der Waals surface area contributed by atoms with E-state index in [2.05, 4.69) is 0 Å². The van der Waals surface area contributed by atoms with Gasteiger partial charge in [-0.1, -0.05) is 30.3 Å². The number of nitrogens with zero attached hydrogens (tertiary/aromatic N) is 1. The summed E-state index contributed by atoms with van der Waals surface area (Å²) in [7, 11) is 0. The van der Waals surface area contributed by atoms with Gasteiger partial charge in [-0.05, 0) is 18.4 Å². The summed E-state index contributed by atoms with van der Waals surface area (Å²) in [6.07, 6.45) is 0.0844. The molecule has 1 aliphatic rings. The molecule has 2 atom stereocenters. The van der Waals surface area contributed by atoms with E-state index in [1.54, 1.807) is 0 Å². The Morgan fingerprint density at radius 1 is 1.23 bits per heavy atom. The number of aliphatic hydroxyl groups excluding tert-OH is 1. The number of carbonyl (C=O) groups excluding carboxylic acids is 2. The van der Waals surface area contributed by atoms with Crippen LogP contribution >= 0.6 is 0 Å². The van der Waals surface area contributed by atoms with Gasteiger partial charge in [0.2, 0.25) is 0 Å². The van der Waals surface area contributed by atoms with Crippen LogP contribution in [0.1, 0.15) is 25.3 Å². The Hall–Kier alpha value is -2.08. The smallest absolute Gasteiger partial charge is 0.410 e. The molecule has 0 bridgehead atoms. The fourth-order valence-electron chi connectivity index (χ4n) is 2.42. The summed E-state index contributed by atoms with van der Waals surface area (Å²) in [6.45, 7) is 1.82. The highest BCUT2D eigenvalue weighted by Crippen LogP contribution is 2.19. The number of aliphatic hydroxyl groups is 1. The van der Waals surface area contributed by atoms with E-state index in [1.807, 2.05) is 30.3 Å². The topological polar surface area (TPSA) is 76.1 Å². The third kappa shape index (κ3) is 4.73. The van der Waals surface area contributed by atoms with Gasteiger partial charge in [0.25, 0.3) is 0 Å². The van der Waals surface area contributed by atoms with Gasteiger partial charge in [-0.2, -0.15) is 0 Å². The first-order valence-electron chi connectivity index (χ1n) is 7.35. The SMILES string of the molecule is CC(=O)OC[C@@H]1CC[C@H](O)CN1C(=O)OCc1ccccc1. The standard InChI is InChI=1S/C16H21NO5/c1-12(18)21-11-14-7-8-15(19)9-17(14)16(20)22-10-13-5-3-2-4-6-13/h2-6,14-15,19H,7-11H2,1H3/t14-,15-/m0/s1. The molecule has 1 saturated heterocycles. The lowest BCUT2D eigenvalue weighted by Crippen LogP contribution is -2.51. The van der Waals surface area contributed by atoms with Crippen LogP contribution < -0.4 is 0 Å². The van der Waals surface area contributed by atoms with Crippen LogP contribution in [0.2, 0.25) is 0 Å². The van der Waals surface area contributed by atoms with Crippen molar-refractivity contribution < 1.29 is 24.2 Å². The average Bonchev–Trinajstić information content (AvgIpc) is 2.52. The van der Waals surface area contributed by atoms with Crippen LogP contribution in [0.3, 0.4) is 0 Å². The van der Waals surface area contributed by atoms with Crippen molar-refractivity contribution in [2.45, 2.75) is 38.5 Å². The monoisotopic (exact) mass is 307 g/mol. The first-order valence-corrected chi connectivity index (χ1v) is 7.35. The molecule has 22 heavy (non-hydrogen) atoms. The van der Waals surface area contributed by atoms with Gasteiger partial charge in [0.1, 0.15) is 13.2 Å². The molecule has 0 unspecified atom stereocenters. The summed E-state index contributed by atoms with van der Waals surface area (Å²) < 4.78 is 10.3. The minimum atomic E-state index is -0.571. The molecule has 1 aromatic rings. The van der Waals surface area contributed by atoms with E-state index in [-0.39, 0.29) is 31.8 Å². The molecule has 0 aliphatic carbocycles. The predicted molar refractivity (Wildman–Crippen MR) is 79.0 cm³/mol. The minimum Gasteiger partial charge on any atom is -0.464 e. The molecular formula is C16H21NO5. The molecule has 0 radical (unpaired) electrons. The summed E-state index contributed by atoms with van der Waals surface area (Å²) in [5, 5.41) is 9.75. The highest BCUT2D eigenvalue weighted by atomic mass is 16.6. The summed E-state index contributed by atoms with van der Waals surface area (Å²) in [4.78, 5) is 24.6. The Kier molecular flexibility index (Phi) is 5.77. The van der Waals surface area contributed by atoms with E-state index in [1.165, 1.54) is 11.8 Å². The third-order valence-corrected chi connectivity index (χ3v) is 3.60. The summed E-state index contributed by atoms with van der Waals surface area (Å²) in [5.74, 6) is -0.385. The number of hydrogen-bond acceptors (Lipinski definition) is 5. The molecular weight excluding hydrogens is 286 g/mol. The predicted octanol–water partition coefficient (Wildman–Crippen LogP) is 1.71. The van der Waals surface area contributed by atoms with Gasteiger partial charge in [-0.25, -0.2) is 4.79 Å². The molecule has 0 aromatic heterocycles. The maximum Gasteiger partial charge on any atom is 0.410 e. The number of benzene rings is 1. The van der Waals surface area contributed by atoms with E-state index in [4.69, 9.17) is 9.47 Å². The number of amides is 1. The number of rotatable bonds is 4. The zero-order valence-corrected chi connectivity index (χ0v) is 12.6. The van der Waals surface area contributed by atoms with Gasteiger partial charge >= 0.3 is 12.1 Å². The normalized spacial score (nSPS) is 21.3. The van der Waals surface area contributed by atoms with Gasteiger partial charge < -0.3 is 14.6 Å². The number of hydrogen-bond donors (Lipinski definition) is 1. The Morgan fingerprint density at radius 2 is 1.95 bits per heavy atom. The van der Waals surface area contributed by atoms with Crippen molar-refractivity contribution >= 4 is 12.1 Å². The van der Waals surface area contributed by atoms with Crippen molar-refractivity contribution in [3.05, 3.63) is 35.9 Å². The number of ether oxygens (including phenoxy) is 2. The molecule has 120 valence electrons. The fourth-order valence-corrected chi connectivity index (χ4v) is 2.42. The Balaban J connectivity index is 1.92. The quantitative estimate of drug-likeness (QED) is 0.857. The van der Waals surface area contributed by atoms with Crippen LogP contribution in [0, 0.1) is 0 Å². The Labute approximate surface area is 129 Å². The van der Waals surface area contributed by atoms with Crippen molar-refractivity contribution in [1.29, 1.82) is 0 Å². The maximum absolute atomic E-state index is 12.2. The fraction of sp³-hybridized carbons (Fsp3) is 0.500. The molecule has 0 spiro atoms. The number of carbonyl (C=O) groups is 2. The average molecular weight is 307 g/mol. The van der Waals surface area contributed by atoms with E-state index in [0.29, 0.717) is 12.8 Å². The van der Waals surface area contributed by atoms with E-state index >= 15 is 0 Å². The second kappa shape index (κ2) is 7.79. The summed E-state index contributed by atoms with van der Waals surface area (Å²) in [5.41, 5.74) is 0.893. The molecule has 1 aliphatic heterocycles. The zero-order valence-electron chi connectivity index (χ0n) is 12.6. The lowest BCUT2D eigenvalue weighted by atomic mass is 10.0. The van der Waals surface area contributed by atoms with Crippen LogP contribution in [-0.2, 0) is 20.9 Å². The number of likely N-dealkylation sites (tertiary alicyclic amines) is 1. The first-order chi connectivity index (χ1) is 10.6. The molecule has 1 N–H and O–H groups in total. The second-order valence-electron chi connectivity index (χ2n) is 5.38. The molecule has 1 amide bonds. The largest absolute Gasteiger partial charge is 0.464 e. The number of piperidine rings is 1. The van der Waals surface area contributed by atoms with Gasteiger partial charge in [-0.15, -0.1) is 0 Å². The molecule has 2 rings (SSSR count). The lowest BCUT2D eigenvalue weighted by molar-refractivity contribution is -0.143. The van der Waals surface area contributed by atoms with E-state index < -0.39 is 12.2 Å². The molecule has 1 heterocycles. The summed E-state index contributed by atoms with van der Waals surface area (Å²) >= 11 is 0. The Bertz CT molecular complexity index is 505. The lowest BCUT2D eigenvalue weighted by Gasteiger charge is -2.36. The van der Waals surface area contributed by atoms with Crippen molar-refractivity contribution in [1.82, 2.24) is 4.90 Å². The first kappa shape index (κ1) is 16.3. The van der Waals surface area contributed by atoms with Crippen LogP contribution in [0.25, 0.3) is 0 Å². The Morgan fingerprint density at radius 3 is 2.64 bits per heavy atom. The summed E-state index contributed by atoms with van der Waals surface area (Å²) in [6, 6.07) is 9.12. The zero-order chi connectivity index (χ0) is 15.9. The van der Waals surface area contributed by atoms with Crippen molar-refractivity contribution in [3.63, 3.8) is 0 Å². The van der Waals surface area contributed by atoms with Gasteiger partial charge in [0.15, 0.2) is 0 Å². The maximum atomic E-state index is 12.2. The van der Waals surface area contributed by atoms with Gasteiger partial charge in [0.05, 0.1) is 18.7 Å². The molecule has 1 fully saturated rings. The van der Waals surface area contributed by atoms with Crippen molar-refractivity contribution in [3.8, 4) is 0 Å². The minimum absolute atomic E-state index is 0.127. The molecule has 6 heteroatoms. The van der Waals surface area contributed by atoms with E-state index in [9.17, 15) is 14.7 Å². The van der Waals surface area contributed by atoms with Crippen LogP contribution in [-0.4, -0.2) is 47.4 Å². The highest BCUT2D eigenvalue weighted by Gasteiger charge is 2.32. The highest BCUT2D eigenvalue weighted by molar-refractivity contribution is 5.69. The van der Waals surface area contributed by atoms with Crippen molar-refractivity contribution in [2.24, 2.45) is 0 Å². The van der Waals surface area contributed by atoms with Gasteiger partial charge in [-0.3, -0.25) is 9.69 Å². The van der Waals surface area contributed by atoms with Gasteiger partial charge in [0, 0.05) is 6.92 Å². The molecule has 0 saturated carbocycles. The molecule has 6 nitrogen and oxygen atoms in total. The number of esters is 1. The molecule has 1 aromatic carbocycles. The second-order valence-corrected chi connectivity index (χ2v) is 5.38. The van der Waals surface area contributed by atoms with Crippen molar-refractivity contribution in [2.75, 3.05) is 13.2 Å².